The van der Waals surface area contributed by atoms with Gasteiger partial charge >= 0.3 is 0 Å². The molecule has 4 nitrogen and oxygen atoms in total. The number of hydrogen-bond donors (Lipinski definition) is 1. The lowest BCUT2D eigenvalue weighted by molar-refractivity contribution is 0.0937. The molecule has 3 rings (SSSR count). The van der Waals surface area contributed by atoms with Gasteiger partial charge in [0, 0.05) is 17.5 Å². The molecule has 0 aromatic heterocycles. The number of carbonyl (C=O) groups excluding carboxylic acids is 1. The molecule has 2 aromatic rings. The highest BCUT2D eigenvalue weighted by molar-refractivity contribution is 6.31. The predicted molar refractivity (Wildman–Crippen MR) is 94.3 cm³/mol. The number of fused-ring (bicyclic) bond motifs is 1. The van der Waals surface area contributed by atoms with E-state index in [-0.39, 0.29) is 11.9 Å². The summed E-state index contributed by atoms with van der Waals surface area (Å²) in [4.78, 5) is 12.5. The van der Waals surface area contributed by atoms with Crippen LogP contribution in [0.15, 0.2) is 36.4 Å². The Kier molecular flexibility index (Phi) is 4.95. The number of nitrogens with one attached hydrogen (secondary N) is 1. The van der Waals surface area contributed by atoms with E-state index in [2.05, 4.69) is 11.4 Å². The van der Waals surface area contributed by atoms with Gasteiger partial charge in [0.1, 0.15) is 11.5 Å². The van der Waals surface area contributed by atoms with Crippen molar-refractivity contribution in [2.45, 2.75) is 25.8 Å². The molecular weight excluding hydrogens is 326 g/mol. The Morgan fingerprint density at radius 3 is 2.96 bits per heavy atom. The number of amides is 1. The molecule has 0 bridgehead atoms. The third-order valence-corrected chi connectivity index (χ3v) is 4.31. The summed E-state index contributed by atoms with van der Waals surface area (Å²) in [6.07, 6.45) is 1.70. The second-order valence-electron chi connectivity index (χ2n) is 5.96. The summed E-state index contributed by atoms with van der Waals surface area (Å²) in [6, 6.07) is 11.2. The highest BCUT2D eigenvalue weighted by Gasteiger charge is 2.17. The van der Waals surface area contributed by atoms with Gasteiger partial charge in [0.15, 0.2) is 0 Å². The van der Waals surface area contributed by atoms with E-state index in [4.69, 9.17) is 21.1 Å². The predicted octanol–water partition coefficient (Wildman–Crippen LogP) is 3.64. The first-order valence-corrected chi connectivity index (χ1v) is 8.33. The maximum absolute atomic E-state index is 12.5. The van der Waals surface area contributed by atoms with Gasteiger partial charge < -0.3 is 14.8 Å². The summed E-state index contributed by atoms with van der Waals surface area (Å²) >= 11 is 5.99. The van der Waals surface area contributed by atoms with E-state index in [1.54, 1.807) is 18.2 Å². The monoisotopic (exact) mass is 345 g/mol. The van der Waals surface area contributed by atoms with Crippen LogP contribution in [0.1, 0.15) is 28.4 Å². The minimum atomic E-state index is -0.189. The molecule has 0 fully saturated rings. The molecule has 0 aliphatic carbocycles. The summed E-state index contributed by atoms with van der Waals surface area (Å²) in [5.41, 5.74) is 2.87. The molecule has 126 valence electrons. The van der Waals surface area contributed by atoms with Crippen LogP contribution in [-0.2, 0) is 12.8 Å². The average molecular weight is 346 g/mol. The molecule has 1 N–H and O–H groups in total. The number of carbonyl (C=O) groups is 1. The molecule has 1 aliphatic heterocycles. The zero-order chi connectivity index (χ0) is 17.1. The zero-order valence-electron chi connectivity index (χ0n) is 13.8. The highest BCUT2D eigenvalue weighted by atomic mass is 35.5. The molecule has 1 amide bonds. The van der Waals surface area contributed by atoms with Crippen LogP contribution in [0.4, 0.5) is 0 Å². The van der Waals surface area contributed by atoms with Crippen LogP contribution in [0, 0.1) is 0 Å². The lowest BCUT2D eigenvalue weighted by Gasteiger charge is -2.16. The van der Waals surface area contributed by atoms with Gasteiger partial charge in [0.05, 0.1) is 19.3 Å². The normalized spacial score (nSPS) is 13.8. The number of rotatable bonds is 5. The molecule has 1 heterocycles. The van der Waals surface area contributed by atoms with Gasteiger partial charge in [-0.15, -0.1) is 0 Å². The van der Waals surface area contributed by atoms with Crippen molar-refractivity contribution >= 4 is 17.5 Å². The van der Waals surface area contributed by atoms with E-state index in [1.807, 2.05) is 19.1 Å². The Morgan fingerprint density at radius 2 is 2.17 bits per heavy atom. The third-order valence-electron chi connectivity index (χ3n) is 4.08. The molecule has 24 heavy (non-hydrogen) atoms. The second kappa shape index (κ2) is 7.14. The fraction of sp³-hybridized carbons (Fsp3) is 0.316. The Hall–Kier alpha value is -2.20. The van der Waals surface area contributed by atoms with Gasteiger partial charge in [0.2, 0.25) is 0 Å². The first-order chi connectivity index (χ1) is 11.6. The summed E-state index contributed by atoms with van der Waals surface area (Å²) < 4.78 is 10.8. The van der Waals surface area contributed by atoms with Crippen molar-refractivity contribution in [1.82, 2.24) is 5.32 Å². The quantitative estimate of drug-likeness (QED) is 0.899. The zero-order valence-corrected chi connectivity index (χ0v) is 14.5. The van der Waals surface area contributed by atoms with E-state index in [1.165, 1.54) is 18.2 Å². The largest absolute Gasteiger partial charge is 0.496 e. The molecule has 0 saturated carbocycles. The Labute approximate surface area is 146 Å². The smallest absolute Gasteiger partial charge is 0.255 e. The summed E-state index contributed by atoms with van der Waals surface area (Å²) in [5, 5.41) is 3.51. The van der Waals surface area contributed by atoms with Gasteiger partial charge in [0.25, 0.3) is 5.91 Å². The van der Waals surface area contributed by atoms with Gasteiger partial charge in [-0.2, -0.15) is 0 Å². The molecule has 0 spiro atoms. The van der Waals surface area contributed by atoms with Crippen molar-refractivity contribution in [3.8, 4) is 11.5 Å². The molecule has 1 unspecified atom stereocenters. The maximum Gasteiger partial charge on any atom is 0.255 e. The van der Waals surface area contributed by atoms with Crippen molar-refractivity contribution < 1.29 is 14.3 Å². The van der Waals surface area contributed by atoms with E-state index in [0.29, 0.717) is 16.3 Å². The highest BCUT2D eigenvalue weighted by Crippen LogP contribution is 2.26. The standard InChI is InChI=1S/C19H20ClNO3/c1-12(9-13-3-5-17-14(10-13)7-8-24-17)21-19(22)16-11-15(20)4-6-18(16)23-2/h3-6,10-12H,7-9H2,1-2H3,(H,21,22). The molecule has 0 saturated heterocycles. The van der Waals surface area contributed by atoms with Crippen molar-refractivity contribution in [2.24, 2.45) is 0 Å². The van der Waals surface area contributed by atoms with E-state index in [9.17, 15) is 4.79 Å². The average Bonchev–Trinajstić information content (AvgIpc) is 3.02. The van der Waals surface area contributed by atoms with Crippen LogP contribution in [0.5, 0.6) is 11.5 Å². The first kappa shape index (κ1) is 16.7. The summed E-state index contributed by atoms with van der Waals surface area (Å²) in [7, 11) is 1.54. The number of hydrogen-bond acceptors (Lipinski definition) is 3. The van der Waals surface area contributed by atoms with Crippen LogP contribution in [0.2, 0.25) is 5.02 Å². The molecule has 0 radical (unpaired) electrons. The van der Waals surface area contributed by atoms with Crippen molar-refractivity contribution in [3.05, 3.63) is 58.1 Å². The van der Waals surface area contributed by atoms with E-state index >= 15 is 0 Å². The topological polar surface area (TPSA) is 47.6 Å². The van der Waals surface area contributed by atoms with Gasteiger partial charge in [-0.1, -0.05) is 23.7 Å². The van der Waals surface area contributed by atoms with Gasteiger partial charge in [-0.25, -0.2) is 0 Å². The Balaban J connectivity index is 1.67. The number of benzene rings is 2. The van der Waals surface area contributed by atoms with Crippen LogP contribution < -0.4 is 14.8 Å². The van der Waals surface area contributed by atoms with Crippen molar-refractivity contribution in [3.63, 3.8) is 0 Å². The molecular formula is C19H20ClNO3. The summed E-state index contributed by atoms with van der Waals surface area (Å²) in [5.74, 6) is 1.30. The molecule has 1 atom stereocenters. The molecule has 2 aromatic carbocycles. The minimum Gasteiger partial charge on any atom is -0.496 e. The maximum atomic E-state index is 12.5. The van der Waals surface area contributed by atoms with E-state index < -0.39 is 0 Å². The SMILES string of the molecule is COc1ccc(Cl)cc1C(=O)NC(C)Cc1ccc2c(c1)CCO2. The van der Waals surface area contributed by atoms with Crippen LogP contribution in [0.3, 0.4) is 0 Å². The Bertz CT molecular complexity index is 760. The fourth-order valence-electron chi connectivity index (χ4n) is 2.93. The van der Waals surface area contributed by atoms with Gasteiger partial charge in [-0.3, -0.25) is 4.79 Å². The Morgan fingerprint density at radius 1 is 1.33 bits per heavy atom. The first-order valence-electron chi connectivity index (χ1n) is 7.96. The van der Waals surface area contributed by atoms with Crippen LogP contribution in [0.25, 0.3) is 0 Å². The molecule has 1 aliphatic rings. The van der Waals surface area contributed by atoms with E-state index in [0.717, 1.165) is 25.2 Å². The number of halogens is 1. The second-order valence-corrected chi connectivity index (χ2v) is 6.40. The number of ether oxygens (including phenoxy) is 2. The lowest BCUT2D eigenvalue weighted by atomic mass is 10.0. The molecule has 5 heteroatoms. The van der Waals surface area contributed by atoms with Gasteiger partial charge in [-0.05, 0) is 48.7 Å². The van der Waals surface area contributed by atoms with Crippen molar-refractivity contribution in [1.29, 1.82) is 0 Å². The minimum absolute atomic E-state index is 0.0124. The summed E-state index contributed by atoms with van der Waals surface area (Å²) in [6.45, 7) is 2.73. The number of methoxy groups -OCH3 is 1. The van der Waals surface area contributed by atoms with Crippen LogP contribution >= 0.6 is 11.6 Å². The van der Waals surface area contributed by atoms with Crippen molar-refractivity contribution in [2.75, 3.05) is 13.7 Å². The third kappa shape index (κ3) is 3.65. The fourth-order valence-corrected chi connectivity index (χ4v) is 3.10. The lowest BCUT2D eigenvalue weighted by Crippen LogP contribution is -2.34. The van der Waals surface area contributed by atoms with Crippen LogP contribution in [-0.4, -0.2) is 25.7 Å².